The van der Waals surface area contributed by atoms with E-state index in [1.54, 1.807) is 0 Å². The van der Waals surface area contributed by atoms with Crippen LogP contribution in [0.2, 0.25) is 0 Å². The summed E-state index contributed by atoms with van der Waals surface area (Å²) in [6.45, 7) is 3.46. The van der Waals surface area contributed by atoms with Gasteiger partial charge in [0.1, 0.15) is 11.5 Å². The highest BCUT2D eigenvalue weighted by molar-refractivity contribution is 5.88. The molecule has 0 saturated carbocycles. The summed E-state index contributed by atoms with van der Waals surface area (Å²) in [6.07, 6.45) is 3.09. The van der Waals surface area contributed by atoms with Gasteiger partial charge in [-0.05, 0) is 19.4 Å². The fraction of sp³-hybridized carbons (Fsp3) is 0.500. The number of ether oxygens (including phenoxy) is 2. The standard InChI is InChI=1S/C22H24N2O3/c1-4-12-10-24-16-9-14(12)22(21(25)26-3)11-27-19(20(22)24)17-13-7-5-6-8-15(13)23(2)18(16)17/h4-8,14,16,19-20H,9-11H2,1-3H3/b12-4-/t14-,16-,19+,20-,22+/m0/s1. The number of hydrogen-bond donors (Lipinski definition) is 0. The minimum absolute atomic E-state index is 0.0655. The number of aromatic nitrogens is 1. The predicted octanol–water partition coefficient (Wildman–Crippen LogP) is 3.11. The van der Waals surface area contributed by atoms with Crippen molar-refractivity contribution in [1.29, 1.82) is 0 Å². The highest BCUT2D eigenvalue weighted by Crippen LogP contribution is 2.66. The number of carbonyl (C=O) groups excluding carboxylic acids is 1. The van der Waals surface area contributed by atoms with E-state index in [2.05, 4.69) is 53.8 Å². The summed E-state index contributed by atoms with van der Waals surface area (Å²) in [4.78, 5) is 15.7. The van der Waals surface area contributed by atoms with Crippen molar-refractivity contribution in [3.63, 3.8) is 0 Å². The molecule has 5 aliphatic rings. The minimum atomic E-state index is -0.579. The summed E-state index contributed by atoms with van der Waals surface area (Å²) < 4.78 is 14.2. The van der Waals surface area contributed by atoms with Gasteiger partial charge in [-0.15, -0.1) is 0 Å². The quantitative estimate of drug-likeness (QED) is 0.576. The molecule has 5 aliphatic heterocycles. The number of allylic oxidation sites excluding steroid dienone is 1. The molecule has 0 radical (unpaired) electrons. The average Bonchev–Trinajstić information content (AvgIpc) is 3.27. The number of methoxy groups -OCH3 is 1. The average molecular weight is 364 g/mol. The van der Waals surface area contributed by atoms with Gasteiger partial charge >= 0.3 is 5.97 Å². The van der Waals surface area contributed by atoms with E-state index in [9.17, 15) is 4.79 Å². The molecule has 6 atom stereocenters. The molecule has 0 aliphatic carbocycles. The topological polar surface area (TPSA) is 43.7 Å². The summed E-state index contributed by atoms with van der Waals surface area (Å²) in [5, 5.41) is 1.26. The van der Waals surface area contributed by atoms with E-state index in [1.807, 2.05) is 0 Å². The number of aryl methyl sites for hydroxylation is 1. The van der Waals surface area contributed by atoms with E-state index < -0.39 is 5.41 Å². The van der Waals surface area contributed by atoms with Crippen LogP contribution in [0.25, 0.3) is 10.9 Å². The monoisotopic (exact) mass is 364 g/mol. The molecule has 4 saturated heterocycles. The van der Waals surface area contributed by atoms with Gasteiger partial charge in [0.25, 0.3) is 0 Å². The number of hydrogen-bond acceptors (Lipinski definition) is 4. The van der Waals surface area contributed by atoms with E-state index in [0.717, 1.165) is 13.0 Å². The van der Waals surface area contributed by atoms with Crippen LogP contribution in [-0.4, -0.2) is 41.7 Å². The van der Waals surface area contributed by atoms with Crippen molar-refractivity contribution in [3.8, 4) is 0 Å². The maximum absolute atomic E-state index is 13.1. The van der Waals surface area contributed by atoms with Crippen molar-refractivity contribution >= 4 is 16.9 Å². The molecule has 5 nitrogen and oxygen atoms in total. The van der Waals surface area contributed by atoms with Crippen molar-refractivity contribution in [2.24, 2.45) is 18.4 Å². The van der Waals surface area contributed by atoms with Crippen LogP contribution in [0.15, 0.2) is 35.9 Å². The third-order valence-corrected chi connectivity index (χ3v) is 7.70. The fourth-order valence-electron chi connectivity index (χ4n) is 6.68. The van der Waals surface area contributed by atoms with E-state index in [-0.39, 0.29) is 24.0 Å². The van der Waals surface area contributed by atoms with Crippen molar-refractivity contribution < 1.29 is 14.3 Å². The lowest BCUT2D eigenvalue weighted by Crippen LogP contribution is -2.67. The SMILES string of the molecule is C/C=C1/CN2[C@H]3[C@@H]4OC[C@@]3(C(=O)OC)[C@H]1C[C@H]2c1c4c2ccccc2n1C. The maximum atomic E-state index is 13.1. The Kier molecular flexibility index (Phi) is 2.96. The lowest BCUT2D eigenvalue weighted by atomic mass is 9.56. The summed E-state index contributed by atoms with van der Waals surface area (Å²) in [5.74, 6) is 0.0947. The van der Waals surface area contributed by atoms with Gasteiger partial charge in [-0.25, -0.2) is 0 Å². The van der Waals surface area contributed by atoms with E-state index in [1.165, 1.54) is 34.8 Å². The Morgan fingerprint density at radius 1 is 1.37 bits per heavy atom. The van der Waals surface area contributed by atoms with Gasteiger partial charge in [-0.1, -0.05) is 29.8 Å². The van der Waals surface area contributed by atoms with Crippen LogP contribution in [0.1, 0.15) is 36.7 Å². The van der Waals surface area contributed by atoms with E-state index in [4.69, 9.17) is 9.47 Å². The first-order valence-electron chi connectivity index (χ1n) is 9.81. The highest BCUT2D eigenvalue weighted by Gasteiger charge is 2.71. The zero-order valence-corrected chi connectivity index (χ0v) is 15.9. The third-order valence-electron chi connectivity index (χ3n) is 7.70. The number of carbonyl (C=O) groups is 1. The van der Waals surface area contributed by atoms with Crippen LogP contribution in [0, 0.1) is 11.3 Å². The predicted molar refractivity (Wildman–Crippen MR) is 101 cm³/mol. The molecule has 140 valence electrons. The molecule has 1 unspecified atom stereocenters. The minimum Gasteiger partial charge on any atom is -0.468 e. The summed E-state index contributed by atoms with van der Waals surface area (Å²) >= 11 is 0. The second-order valence-corrected chi connectivity index (χ2v) is 8.42. The molecule has 5 heteroatoms. The number of para-hydroxylation sites is 1. The third kappa shape index (κ3) is 1.59. The number of nitrogens with zero attached hydrogens (tertiary/aromatic N) is 2. The molecular weight excluding hydrogens is 340 g/mol. The van der Waals surface area contributed by atoms with Crippen LogP contribution >= 0.6 is 0 Å². The van der Waals surface area contributed by atoms with Crippen molar-refractivity contribution in [2.75, 3.05) is 20.3 Å². The van der Waals surface area contributed by atoms with Crippen LogP contribution < -0.4 is 0 Å². The Hall–Kier alpha value is -2.11. The largest absolute Gasteiger partial charge is 0.468 e. The Morgan fingerprint density at radius 3 is 2.96 bits per heavy atom. The lowest BCUT2D eigenvalue weighted by Gasteiger charge is -2.60. The van der Waals surface area contributed by atoms with Gasteiger partial charge in [0.15, 0.2) is 0 Å². The Bertz CT molecular complexity index is 1020. The second-order valence-electron chi connectivity index (χ2n) is 8.42. The molecule has 0 spiro atoms. The molecule has 4 bridgehead atoms. The number of rotatable bonds is 1. The van der Waals surface area contributed by atoms with Crippen molar-refractivity contribution in [2.45, 2.75) is 31.5 Å². The first-order valence-corrected chi connectivity index (χ1v) is 9.81. The highest BCUT2D eigenvalue weighted by atomic mass is 16.5. The first kappa shape index (κ1) is 15.9. The first-order chi connectivity index (χ1) is 13.1. The number of esters is 1. The molecule has 1 aromatic carbocycles. The Balaban J connectivity index is 1.66. The molecule has 0 amide bonds. The van der Waals surface area contributed by atoms with Gasteiger partial charge in [-0.2, -0.15) is 0 Å². The number of piperidine rings is 3. The molecule has 27 heavy (non-hydrogen) atoms. The van der Waals surface area contributed by atoms with E-state index >= 15 is 0 Å². The molecule has 6 heterocycles. The normalized spacial score (nSPS) is 39.8. The van der Waals surface area contributed by atoms with Gasteiger partial charge in [-0.3, -0.25) is 9.69 Å². The van der Waals surface area contributed by atoms with Crippen LogP contribution in [0.4, 0.5) is 0 Å². The Morgan fingerprint density at radius 2 is 2.19 bits per heavy atom. The van der Waals surface area contributed by atoms with Gasteiger partial charge in [0.05, 0.1) is 25.8 Å². The van der Waals surface area contributed by atoms with Crippen LogP contribution in [0.5, 0.6) is 0 Å². The zero-order chi connectivity index (χ0) is 18.5. The molecule has 4 fully saturated rings. The zero-order valence-electron chi connectivity index (χ0n) is 15.9. The lowest BCUT2D eigenvalue weighted by molar-refractivity contribution is -0.171. The van der Waals surface area contributed by atoms with Gasteiger partial charge in [0, 0.05) is 41.7 Å². The van der Waals surface area contributed by atoms with Crippen molar-refractivity contribution in [1.82, 2.24) is 9.47 Å². The number of benzene rings is 1. The summed E-state index contributed by atoms with van der Waals surface area (Å²) in [6, 6.07) is 8.98. The second kappa shape index (κ2) is 5.03. The molecule has 7 rings (SSSR count). The maximum Gasteiger partial charge on any atom is 0.316 e. The van der Waals surface area contributed by atoms with Crippen LogP contribution in [0.3, 0.4) is 0 Å². The summed E-state index contributed by atoms with van der Waals surface area (Å²) in [7, 11) is 3.69. The van der Waals surface area contributed by atoms with Crippen molar-refractivity contribution in [3.05, 3.63) is 47.2 Å². The molecular formula is C22H24N2O3. The molecule has 0 N–H and O–H groups in total. The van der Waals surface area contributed by atoms with E-state index in [0.29, 0.717) is 12.6 Å². The summed E-state index contributed by atoms with van der Waals surface area (Å²) in [5.41, 5.74) is 4.70. The molecule has 2 aromatic rings. The fourth-order valence-corrected chi connectivity index (χ4v) is 6.68. The molecule has 1 aromatic heterocycles. The Labute approximate surface area is 158 Å². The smallest absolute Gasteiger partial charge is 0.316 e. The van der Waals surface area contributed by atoms with Crippen LogP contribution in [-0.2, 0) is 21.3 Å². The van der Waals surface area contributed by atoms with Gasteiger partial charge in [0.2, 0.25) is 0 Å². The van der Waals surface area contributed by atoms with Gasteiger partial charge < -0.3 is 14.0 Å². The number of fused-ring (bicyclic) bond motifs is 5.